The van der Waals surface area contributed by atoms with Crippen molar-refractivity contribution in [1.29, 1.82) is 0 Å². The highest BCUT2D eigenvalue weighted by atomic mass is 79.9. The highest BCUT2D eigenvalue weighted by molar-refractivity contribution is 9.10. The van der Waals surface area contributed by atoms with Crippen molar-refractivity contribution in [2.75, 3.05) is 13.1 Å². The van der Waals surface area contributed by atoms with Crippen LogP contribution < -0.4 is 0 Å². The van der Waals surface area contributed by atoms with Gasteiger partial charge in [-0.05, 0) is 37.0 Å². The van der Waals surface area contributed by atoms with Crippen LogP contribution in [0.4, 0.5) is 0 Å². The number of halogens is 2. The minimum absolute atomic E-state index is 0.0888. The zero-order valence-corrected chi connectivity index (χ0v) is 13.2. The lowest BCUT2D eigenvalue weighted by molar-refractivity contribution is -0.137. The molecule has 0 aromatic heterocycles. The van der Waals surface area contributed by atoms with E-state index < -0.39 is 5.97 Å². The van der Waals surface area contributed by atoms with Crippen LogP contribution in [0.1, 0.15) is 29.6 Å². The molecule has 1 aromatic rings. The summed E-state index contributed by atoms with van der Waals surface area (Å²) in [6.45, 7) is 1.26. The quantitative estimate of drug-likeness (QED) is 0.895. The minimum Gasteiger partial charge on any atom is -0.481 e. The molecule has 2 rings (SSSR count). The second-order valence-electron chi connectivity index (χ2n) is 4.96. The van der Waals surface area contributed by atoms with E-state index in [-0.39, 0.29) is 18.2 Å². The van der Waals surface area contributed by atoms with Crippen molar-refractivity contribution < 1.29 is 14.7 Å². The van der Waals surface area contributed by atoms with Crippen molar-refractivity contribution in [3.8, 4) is 0 Å². The SMILES string of the molecule is O=C(O)CCC1CCN(C(=O)c2cc(Br)ccc2Cl)C1. The molecule has 1 aliphatic heterocycles. The summed E-state index contributed by atoms with van der Waals surface area (Å²) in [5.41, 5.74) is 0.486. The maximum absolute atomic E-state index is 12.4. The van der Waals surface area contributed by atoms with Gasteiger partial charge in [-0.25, -0.2) is 0 Å². The maximum Gasteiger partial charge on any atom is 0.303 e. The number of benzene rings is 1. The van der Waals surface area contributed by atoms with E-state index >= 15 is 0 Å². The molecule has 0 aliphatic carbocycles. The molecule has 1 saturated heterocycles. The topological polar surface area (TPSA) is 57.6 Å². The summed E-state index contributed by atoms with van der Waals surface area (Å²) in [5.74, 6) is -0.611. The van der Waals surface area contributed by atoms with Gasteiger partial charge in [-0.15, -0.1) is 0 Å². The van der Waals surface area contributed by atoms with Crippen LogP contribution in [-0.4, -0.2) is 35.0 Å². The average Bonchev–Trinajstić information content (AvgIpc) is 2.87. The first-order chi connectivity index (χ1) is 9.47. The normalized spacial score (nSPS) is 18.3. The Morgan fingerprint density at radius 1 is 1.45 bits per heavy atom. The lowest BCUT2D eigenvalue weighted by Crippen LogP contribution is -2.29. The Morgan fingerprint density at radius 3 is 2.90 bits per heavy atom. The van der Waals surface area contributed by atoms with E-state index in [0.29, 0.717) is 30.1 Å². The molecular weight excluding hydrogens is 346 g/mol. The van der Waals surface area contributed by atoms with Crippen molar-refractivity contribution in [3.63, 3.8) is 0 Å². The molecule has 1 amide bonds. The van der Waals surface area contributed by atoms with Crippen molar-refractivity contribution in [1.82, 2.24) is 4.90 Å². The molecule has 6 heteroatoms. The zero-order valence-electron chi connectivity index (χ0n) is 10.8. The molecule has 0 bridgehead atoms. The first-order valence-electron chi connectivity index (χ1n) is 6.43. The first kappa shape index (κ1) is 15.3. The summed E-state index contributed by atoms with van der Waals surface area (Å²) >= 11 is 9.39. The Kier molecular flexibility index (Phi) is 5.05. The fourth-order valence-electron chi connectivity index (χ4n) is 2.41. The Labute approximate surface area is 130 Å². The number of carboxylic acid groups (broad SMARTS) is 1. The third-order valence-corrected chi connectivity index (χ3v) is 4.32. The van der Waals surface area contributed by atoms with Gasteiger partial charge < -0.3 is 10.0 Å². The van der Waals surface area contributed by atoms with Crippen LogP contribution in [-0.2, 0) is 4.79 Å². The molecule has 1 unspecified atom stereocenters. The smallest absolute Gasteiger partial charge is 0.303 e. The third-order valence-electron chi connectivity index (χ3n) is 3.50. The number of carbonyl (C=O) groups excluding carboxylic acids is 1. The molecule has 1 fully saturated rings. The summed E-state index contributed by atoms with van der Waals surface area (Å²) in [7, 11) is 0. The van der Waals surface area contributed by atoms with Gasteiger partial charge in [0.05, 0.1) is 10.6 Å². The van der Waals surface area contributed by atoms with Crippen LogP contribution >= 0.6 is 27.5 Å². The standard InChI is InChI=1S/C14H15BrClNO3/c15-10-2-3-12(16)11(7-10)14(20)17-6-5-9(8-17)1-4-13(18)19/h2-3,7,9H,1,4-6,8H2,(H,18,19). The van der Waals surface area contributed by atoms with E-state index in [9.17, 15) is 9.59 Å². The Hall–Kier alpha value is -1.07. The summed E-state index contributed by atoms with van der Waals surface area (Å²) in [4.78, 5) is 24.7. The summed E-state index contributed by atoms with van der Waals surface area (Å²) in [6, 6.07) is 5.20. The van der Waals surface area contributed by atoms with Gasteiger partial charge in [0, 0.05) is 24.0 Å². The molecular formula is C14H15BrClNO3. The van der Waals surface area contributed by atoms with Gasteiger partial charge in [-0.1, -0.05) is 27.5 Å². The molecule has 1 atom stereocenters. The molecule has 0 spiro atoms. The molecule has 1 heterocycles. The molecule has 4 nitrogen and oxygen atoms in total. The first-order valence-corrected chi connectivity index (χ1v) is 7.60. The van der Waals surface area contributed by atoms with Gasteiger partial charge in [0.15, 0.2) is 0 Å². The van der Waals surface area contributed by atoms with Gasteiger partial charge in [-0.2, -0.15) is 0 Å². The number of aliphatic carboxylic acids is 1. The van der Waals surface area contributed by atoms with Crippen molar-refractivity contribution >= 4 is 39.4 Å². The van der Waals surface area contributed by atoms with E-state index in [0.717, 1.165) is 10.9 Å². The largest absolute Gasteiger partial charge is 0.481 e. The van der Waals surface area contributed by atoms with E-state index in [1.54, 1.807) is 23.1 Å². The predicted molar refractivity (Wildman–Crippen MR) is 80.0 cm³/mol. The molecule has 1 aliphatic rings. The Morgan fingerprint density at radius 2 is 2.20 bits per heavy atom. The van der Waals surface area contributed by atoms with Gasteiger partial charge in [0.2, 0.25) is 0 Å². The third kappa shape index (κ3) is 3.73. The molecule has 1 N–H and O–H groups in total. The highest BCUT2D eigenvalue weighted by Crippen LogP contribution is 2.26. The number of hydrogen-bond acceptors (Lipinski definition) is 2. The fourth-order valence-corrected chi connectivity index (χ4v) is 2.97. The van der Waals surface area contributed by atoms with Gasteiger partial charge in [0.1, 0.15) is 0 Å². The van der Waals surface area contributed by atoms with Crippen LogP contribution in [0.5, 0.6) is 0 Å². The van der Waals surface area contributed by atoms with Crippen LogP contribution in [0.15, 0.2) is 22.7 Å². The molecule has 0 radical (unpaired) electrons. The highest BCUT2D eigenvalue weighted by Gasteiger charge is 2.28. The number of likely N-dealkylation sites (tertiary alicyclic amines) is 1. The van der Waals surface area contributed by atoms with Gasteiger partial charge in [-0.3, -0.25) is 9.59 Å². The summed E-state index contributed by atoms with van der Waals surface area (Å²) in [5, 5.41) is 9.13. The average molecular weight is 361 g/mol. The monoisotopic (exact) mass is 359 g/mol. The Balaban J connectivity index is 2.00. The fraction of sp³-hybridized carbons (Fsp3) is 0.429. The summed E-state index contributed by atoms with van der Waals surface area (Å²) < 4.78 is 0.812. The van der Waals surface area contributed by atoms with Crippen LogP contribution in [0.25, 0.3) is 0 Å². The van der Waals surface area contributed by atoms with E-state index in [1.165, 1.54) is 0 Å². The lowest BCUT2D eigenvalue weighted by Gasteiger charge is -2.17. The van der Waals surface area contributed by atoms with Crippen molar-refractivity contribution in [2.45, 2.75) is 19.3 Å². The van der Waals surface area contributed by atoms with Crippen LogP contribution in [0.2, 0.25) is 5.02 Å². The second kappa shape index (κ2) is 6.59. The number of hydrogen-bond donors (Lipinski definition) is 1. The minimum atomic E-state index is -0.787. The molecule has 20 heavy (non-hydrogen) atoms. The number of carboxylic acids is 1. The number of rotatable bonds is 4. The van der Waals surface area contributed by atoms with Crippen LogP contribution in [0.3, 0.4) is 0 Å². The maximum atomic E-state index is 12.4. The molecule has 1 aromatic carbocycles. The number of carbonyl (C=O) groups is 2. The second-order valence-corrected chi connectivity index (χ2v) is 6.29. The van der Waals surface area contributed by atoms with Crippen molar-refractivity contribution in [2.24, 2.45) is 5.92 Å². The predicted octanol–water partition coefficient (Wildman–Crippen LogP) is 3.43. The molecule has 0 saturated carbocycles. The molecule has 108 valence electrons. The van der Waals surface area contributed by atoms with E-state index in [2.05, 4.69) is 15.9 Å². The lowest BCUT2D eigenvalue weighted by atomic mass is 10.0. The zero-order chi connectivity index (χ0) is 14.7. The van der Waals surface area contributed by atoms with Crippen LogP contribution in [0, 0.1) is 5.92 Å². The van der Waals surface area contributed by atoms with Gasteiger partial charge >= 0.3 is 5.97 Å². The summed E-state index contributed by atoms with van der Waals surface area (Å²) in [6.07, 6.45) is 1.63. The van der Waals surface area contributed by atoms with E-state index in [4.69, 9.17) is 16.7 Å². The number of nitrogens with zero attached hydrogens (tertiary/aromatic N) is 1. The van der Waals surface area contributed by atoms with Crippen molar-refractivity contribution in [3.05, 3.63) is 33.3 Å². The number of amides is 1. The van der Waals surface area contributed by atoms with Gasteiger partial charge in [0.25, 0.3) is 5.91 Å². The van der Waals surface area contributed by atoms with E-state index in [1.807, 2.05) is 0 Å². The Bertz CT molecular complexity index is 535.